The number of nitrogens with zero attached hydrogens (tertiary/aromatic N) is 2. The van der Waals surface area contributed by atoms with Crippen molar-refractivity contribution in [2.45, 2.75) is 39.7 Å². The number of nitriles is 1. The van der Waals surface area contributed by atoms with Crippen molar-refractivity contribution in [3.8, 4) is 6.07 Å². The van der Waals surface area contributed by atoms with E-state index in [-0.39, 0.29) is 17.9 Å². The van der Waals surface area contributed by atoms with Crippen LogP contribution >= 0.6 is 0 Å². The molecule has 5 heteroatoms. The van der Waals surface area contributed by atoms with Gasteiger partial charge in [0.05, 0.1) is 23.9 Å². The maximum absolute atomic E-state index is 10.9. The van der Waals surface area contributed by atoms with Crippen LogP contribution in [0.15, 0.2) is 18.5 Å². The van der Waals surface area contributed by atoms with Gasteiger partial charge in [0.1, 0.15) is 6.07 Å². The average Bonchev–Trinajstić information content (AvgIpc) is 2.26. The first-order chi connectivity index (χ1) is 8.81. The van der Waals surface area contributed by atoms with Crippen LogP contribution in [0.1, 0.15) is 39.2 Å². The number of carboxylic acids is 1. The number of aromatic nitrogens is 1. The summed E-state index contributed by atoms with van der Waals surface area (Å²) in [7, 11) is 0. The number of rotatable bonds is 5. The quantitative estimate of drug-likeness (QED) is 0.851. The Morgan fingerprint density at radius 1 is 1.58 bits per heavy atom. The molecule has 0 bridgehead atoms. The van der Waals surface area contributed by atoms with Crippen LogP contribution in [0.4, 0.5) is 5.69 Å². The molecule has 1 aromatic heterocycles. The average molecular weight is 261 g/mol. The van der Waals surface area contributed by atoms with Crippen molar-refractivity contribution in [3.05, 3.63) is 24.0 Å². The molecule has 1 atom stereocenters. The predicted octanol–water partition coefficient (Wildman–Crippen LogP) is 2.64. The molecule has 0 fully saturated rings. The first kappa shape index (κ1) is 15.0. The minimum absolute atomic E-state index is 0.00212. The lowest BCUT2D eigenvalue weighted by Crippen LogP contribution is -2.28. The van der Waals surface area contributed by atoms with Gasteiger partial charge in [-0.1, -0.05) is 20.8 Å². The molecule has 5 nitrogen and oxygen atoms in total. The Kier molecular flexibility index (Phi) is 4.87. The molecule has 0 amide bonds. The molecule has 0 saturated heterocycles. The van der Waals surface area contributed by atoms with E-state index in [9.17, 15) is 4.79 Å². The van der Waals surface area contributed by atoms with E-state index in [0.717, 1.165) is 0 Å². The number of nitrogens with one attached hydrogen (secondary N) is 1. The summed E-state index contributed by atoms with van der Waals surface area (Å²) in [4.78, 5) is 14.9. The molecule has 0 aromatic carbocycles. The Hall–Kier alpha value is -2.09. The Morgan fingerprint density at radius 3 is 2.79 bits per heavy atom. The second-order valence-corrected chi connectivity index (χ2v) is 5.74. The highest BCUT2D eigenvalue weighted by molar-refractivity contribution is 5.68. The normalized spacial score (nSPS) is 12.5. The van der Waals surface area contributed by atoms with Gasteiger partial charge in [0.15, 0.2) is 0 Å². The number of pyridine rings is 1. The van der Waals surface area contributed by atoms with Crippen molar-refractivity contribution < 1.29 is 9.90 Å². The Balaban J connectivity index is 2.88. The zero-order chi connectivity index (χ0) is 14.5. The molecule has 1 unspecified atom stereocenters. The summed E-state index contributed by atoms with van der Waals surface area (Å²) < 4.78 is 0. The van der Waals surface area contributed by atoms with Crippen LogP contribution in [0.25, 0.3) is 0 Å². The number of hydrogen-bond donors (Lipinski definition) is 2. The topological polar surface area (TPSA) is 86.0 Å². The third-order valence-corrected chi connectivity index (χ3v) is 2.58. The van der Waals surface area contributed by atoms with E-state index < -0.39 is 5.97 Å². The number of aliphatic carboxylic acids is 1. The number of carbonyl (C=O) groups is 1. The highest BCUT2D eigenvalue weighted by Crippen LogP contribution is 2.25. The van der Waals surface area contributed by atoms with E-state index in [0.29, 0.717) is 17.7 Å². The summed E-state index contributed by atoms with van der Waals surface area (Å²) in [6.45, 7) is 6.16. The highest BCUT2D eigenvalue weighted by atomic mass is 16.4. The maximum atomic E-state index is 10.9. The largest absolute Gasteiger partial charge is 0.481 e. The van der Waals surface area contributed by atoms with Crippen LogP contribution < -0.4 is 5.32 Å². The van der Waals surface area contributed by atoms with Crippen LogP contribution in [0.3, 0.4) is 0 Å². The summed E-state index contributed by atoms with van der Waals surface area (Å²) >= 11 is 0. The highest BCUT2D eigenvalue weighted by Gasteiger charge is 2.21. The molecule has 0 spiro atoms. The lowest BCUT2D eigenvalue weighted by atomic mass is 9.87. The molecule has 0 saturated carbocycles. The third kappa shape index (κ3) is 5.38. The molecule has 0 aliphatic rings. The van der Waals surface area contributed by atoms with E-state index >= 15 is 0 Å². The van der Waals surface area contributed by atoms with Crippen molar-refractivity contribution >= 4 is 11.7 Å². The van der Waals surface area contributed by atoms with Gasteiger partial charge in [-0.05, 0) is 17.9 Å². The molecule has 1 rings (SSSR count). The van der Waals surface area contributed by atoms with E-state index in [1.165, 1.54) is 0 Å². The SMILES string of the molecule is CC(C)(C)CC(CC(=O)O)Nc1cnccc1C#N. The molecule has 19 heavy (non-hydrogen) atoms. The molecule has 102 valence electrons. The predicted molar refractivity (Wildman–Crippen MR) is 72.7 cm³/mol. The van der Waals surface area contributed by atoms with Gasteiger partial charge in [0, 0.05) is 12.2 Å². The van der Waals surface area contributed by atoms with Gasteiger partial charge in [-0.2, -0.15) is 5.26 Å². The van der Waals surface area contributed by atoms with E-state index in [1.807, 2.05) is 0 Å². The number of hydrogen-bond acceptors (Lipinski definition) is 4. The molecule has 1 heterocycles. The summed E-state index contributed by atoms with van der Waals surface area (Å²) in [5.74, 6) is -0.857. The Bertz CT molecular complexity index is 486. The van der Waals surface area contributed by atoms with Crippen molar-refractivity contribution in [2.75, 3.05) is 5.32 Å². The summed E-state index contributed by atoms with van der Waals surface area (Å²) in [5, 5.41) is 21.1. The van der Waals surface area contributed by atoms with E-state index in [1.54, 1.807) is 18.5 Å². The van der Waals surface area contributed by atoms with Crippen LogP contribution in [0.2, 0.25) is 0 Å². The monoisotopic (exact) mass is 261 g/mol. The number of anilines is 1. The summed E-state index contributed by atoms with van der Waals surface area (Å²) in [5.41, 5.74) is 1.06. The first-order valence-corrected chi connectivity index (χ1v) is 6.14. The molecule has 0 aliphatic heterocycles. The fourth-order valence-electron chi connectivity index (χ4n) is 1.95. The van der Waals surface area contributed by atoms with Gasteiger partial charge in [0.2, 0.25) is 0 Å². The van der Waals surface area contributed by atoms with Crippen LogP contribution in [0.5, 0.6) is 0 Å². The fourth-order valence-corrected chi connectivity index (χ4v) is 1.95. The standard InChI is InChI=1S/C14H19N3O2/c1-14(2,3)7-11(6-13(18)19)17-12-9-16-5-4-10(12)8-15/h4-5,9,11,17H,6-7H2,1-3H3,(H,18,19). The molecule has 1 aromatic rings. The van der Waals surface area contributed by atoms with Crippen molar-refractivity contribution in [2.24, 2.45) is 5.41 Å². The molecule has 2 N–H and O–H groups in total. The first-order valence-electron chi connectivity index (χ1n) is 6.14. The molecular weight excluding hydrogens is 242 g/mol. The lowest BCUT2D eigenvalue weighted by Gasteiger charge is -2.26. The van der Waals surface area contributed by atoms with E-state index in [4.69, 9.17) is 10.4 Å². The van der Waals surface area contributed by atoms with Gasteiger partial charge >= 0.3 is 5.97 Å². The van der Waals surface area contributed by atoms with Gasteiger partial charge in [0.25, 0.3) is 0 Å². The second-order valence-electron chi connectivity index (χ2n) is 5.74. The fraction of sp³-hybridized carbons (Fsp3) is 0.500. The Labute approximate surface area is 113 Å². The van der Waals surface area contributed by atoms with Gasteiger partial charge in [-0.25, -0.2) is 0 Å². The molecule has 0 aliphatic carbocycles. The van der Waals surface area contributed by atoms with Crippen LogP contribution in [-0.2, 0) is 4.79 Å². The smallest absolute Gasteiger partial charge is 0.305 e. The minimum Gasteiger partial charge on any atom is -0.481 e. The third-order valence-electron chi connectivity index (χ3n) is 2.58. The second kappa shape index (κ2) is 6.19. The summed E-state index contributed by atoms with van der Waals surface area (Å²) in [6.07, 6.45) is 3.80. The Morgan fingerprint density at radius 2 is 2.26 bits per heavy atom. The summed E-state index contributed by atoms with van der Waals surface area (Å²) in [6, 6.07) is 3.45. The van der Waals surface area contributed by atoms with Crippen LogP contribution in [0, 0.1) is 16.7 Å². The zero-order valence-electron chi connectivity index (χ0n) is 11.5. The maximum Gasteiger partial charge on any atom is 0.305 e. The minimum atomic E-state index is -0.857. The zero-order valence-corrected chi connectivity index (χ0v) is 11.5. The molecule has 0 radical (unpaired) electrons. The van der Waals surface area contributed by atoms with Gasteiger partial charge in [-0.3, -0.25) is 9.78 Å². The van der Waals surface area contributed by atoms with Crippen molar-refractivity contribution in [3.63, 3.8) is 0 Å². The van der Waals surface area contributed by atoms with Gasteiger partial charge in [-0.15, -0.1) is 0 Å². The van der Waals surface area contributed by atoms with Crippen molar-refractivity contribution in [1.82, 2.24) is 4.98 Å². The van der Waals surface area contributed by atoms with E-state index in [2.05, 4.69) is 37.1 Å². The van der Waals surface area contributed by atoms with Gasteiger partial charge < -0.3 is 10.4 Å². The van der Waals surface area contributed by atoms with Crippen LogP contribution in [-0.4, -0.2) is 22.1 Å². The number of carboxylic acid groups (broad SMARTS) is 1. The lowest BCUT2D eigenvalue weighted by molar-refractivity contribution is -0.137. The van der Waals surface area contributed by atoms with Crippen molar-refractivity contribution in [1.29, 1.82) is 5.26 Å². The molecular formula is C14H19N3O2.